The molecule has 0 aromatic heterocycles. The first-order chi connectivity index (χ1) is 10.8. The van der Waals surface area contributed by atoms with Gasteiger partial charge in [-0.3, -0.25) is 14.9 Å². The molecular formula is C17H17ClN2O3. The maximum Gasteiger partial charge on any atom is 0.270 e. The molecule has 1 N–H and O–H groups in total. The van der Waals surface area contributed by atoms with E-state index in [1.54, 1.807) is 0 Å². The van der Waals surface area contributed by atoms with E-state index < -0.39 is 16.4 Å². The highest BCUT2D eigenvalue weighted by Gasteiger charge is 2.24. The van der Waals surface area contributed by atoms with E-state index >= 15 is 0 Å². The van der Waals surface area contributed by atoms with Crippen LogP contribution in [0.15, 0.2) is 48.5 Å². The number of carbonyl (C=O) groups excluding carboxylic acids is 1. The van der Waals surface area contributed by atoms with Gasteiger partial charge in [-0.05, 0) is 31.9 Å². The highest BCUT2D eigenvalue weighted by Crippen LogP contribution is 2.23. The molecule has 5 nitrogen and oxygen atoms in total. The van der Waals surface area contributed by atoms with Crippen molar-refractivity contribution in [2.45, 2.75) is 25.8 Å². The Morgan fingerprint density at radius 1 is 1.22 bits per heavy atom. The topological polar surface area (TPSA) is 72.2 Å². The second kappa shape index (κ2) is 6.79. The van der Waals surface area contributed by atoms with Crippen LogP contribution < -0.4 is 5.32 Å². The second-order valence-corrected chi connectivity index (χ2v) is 6.33. The maximum atomic E-state index is 12.4. The molecule has 0 saturated heterocycles. The average molecular weight is 333 g/mol. The van der Waals surface area contributed by atoms with Gasteiger partial charge >= 0.3 is 0 Å². The largest absolute Gasteiger partial charge is 0.347 e. The lowest BCUT2D eigenvalue weighted by Gasteiger charge is -2.26. The number of non-ortho nitro benzene ring substituents is 1. The molecule has 0 bridgehead atoms. The van der Waals surface area contributed by atoms with Crippen LogP contribution >= 0.6 is 11.6 Å². The van der Waals surface area contributed by atoms with E-state index in [-0.39, 0.29) is 16.3 Å². The molecule has 23 heavy (non-hydrogen) atoms. The van der Waals surface area contributed by atoms with Gasteiger partial charge in [0.15, 0.2) is 0 Å². The van der Waals surface area contributed by atoms with Crippen LogP contribution in [0.3, 0.4) is 0 Å². The number of carbonyl (C=O) groups is 1. The summed E-state index contributed by atoms with van der Waals surface area (Å²) in [5.41, 5.74) is 0.497. The van der Waals surface area contributed by atoms with Crippen molar-refractivity contribution in [3.8, 4) is 0 Å². The van der Waals surface area contributed by atoms with Crippen LogP contribution in [0.1, 0.15) is 29.8 Å². The van der Waals surface area contributed by atoms with Crippen molar-refractivity contribution in [2.24, 2.45) is 0 Å². The van der Waals surface area contributed by atoms with Crippen molar-refractivity contribution in [3.05, 3.63) is 74.8 Å². The molecule has 0 aliphatic carbocycles. The highest BCUT2D eigenvalue weighted by atomic mass is 35.5. The minimum Gasteiger partial charge on any atom is -0.347 e. The van der Waals surface area contributed by atoms with E-state index in [4.69, 9.17) is 11.6 Å². The lowest BCUT2D eigenvalue weighted by Crippen LogP contribution is -2.45. The van der Waals surface area contributed by atoms with E-state index in [9.17, 15) is 14.9 Å². The summed E-state index contributed by atoms with van der Waals surface area (Å²) in [6, 6.07) is 13.6. The predicted octanol–water partition coefficient (Wildman–Crippen LogP) is 4.00. The normalized spacial score (nSPS) is 11.1. The van der Waals surface area contributed by atoms with Gasteiger partial charge in [0.1, 0.15) is 0 Å². The standard InChI is InChI=1S/C17H17ClN2O3/c1-17(2,11-12-6-4-3-5-7-12)19-16(21)14-10-13(20(22)23)8-9-15(14)18/h3-10H,11H2,1-2H3,(H,19,21). The minimum atomic E-state index is -0.553. The van der Waals surface area contributed by atoms with Crippen molar-refractivity contribution >= 4 is 23.2 Å². The Labute approximate surface area is 139 Å². The van der Waals surface area contributed by atoms with Gasteiger partial charge < -0.3 is 5.32 Å². The molecule has 0 atom stereocenters. The van der Waals surface area contributed by atoms with Gasteiger partial charge in [0, 0.05) is 17.7 Å². The maximum absolute atomic E-state index is 12.4. The van der Waals surface area contributed by atoms with Gasteiger partial charge in [0.05, 0.1) is 15.5 Å². The molecule has 1 amide bonds. The molecule has 0 aliphatic rings. The summed E-state index contributed by atoms with van der Waals surface area (Å²) >= 11 is 6.00. The molecule has 0 radical (unpaired) electrons. The quantitative estimate of drug-likeness (QED) is 0.664. The van der Waals surface area contributed by atoms with Crippen LogP contribution in [0.25, 0.3) is 0 Å². The van der Waals surface area contributed by atoms with E-state index in [2.05, 4.69) is 5.32 Å². The molecule has 0 aliphatic heterocycles. The van der Waals surface area contributed by atoms with Crippen LogP contribution in [0.4, 0.5) is 5.69 Å². The first-order valence-electron chi connectivity index (χ1n) is 7.09. The van der Waals surface area contributed by atoms with Crippen LogP contribution in [-0.2, 0) is 6.42 Å². The molecule has 0 saturated carbocycles. The van der Waals surface area contributed by atoms with Gasteiger partial charge in [0.25, 0.3) is 11.6 Å². The van der Waals surface area contributed by atoms with Crippen LogP contribution in [0, 0.1) is 10.1 Å². The third-order valence-electron chi connectivity index (χ3n) is 3.35. The van der Waals surface area contributed by atoms with Gasteiger partial charge in [-0.2, -0.15) is 0 Å². The second-order valence-electron chi connectivity index (χ2n) is 5.92. The molecule has 6 heteroatoms. The van der Waals surface area contributed by atoms with Crippen molar-refractivity contribution in [1.82, 2.24) is 5.32 Å². The third-order valence-corrected chi connectivity index (χ3v) is 3.68. The third kappa shape index (κ3) is 4.53. The lowest BCUT2D eigenvalue weighted by molar-refractivity contribution is -0.384. The lowest BCUT2D eigenvalue weighted by atomic mass is 9.94. The molecular weight excluding hydrogens is 316 g/mol. The average Bonchev–Trinajstić information content (AvgIpc) is 2.47. The summed E-state index contributed by atoms with van der Waals surface area (Å²) in [6.07, 6.45) is 0.631. The Morgan fingerprint density at radius 2 is 1.87 bits per heavy atom. The molecule has 2 aromatic rings. The van der Waals surface area contributed by atoms with Crippen LogP contribution in [0.5, 0.6) is 0 Å². The van der Waals surface area contributed by atoms with E-state index in [0.717, 1.165) is 5.56 Å². The molecule has 2 aromatic carbocycles. The summed E-state index contributed by atoms with van der Waals surface area (Å²) in [5, 5.41) is 13.9. The Hall–Kier alpha value is -2.40. The van der Waals surface area contributed by atoms with Crippen molar-refractivity contribution in [3.63, 3.8) is 0 Å². The van der Waals surface area contributed by atoms with Crippen molar-refractivity contribution in [2.75, 3.05) is 0 Å². The number of nitrogens with zero attached hydrogens (tertiary/aromatic N) is 1. The number of nitro benzene ring substituents is 1. The number of rotatable bonds is 5. The first kappa shape index (κ1) is 17.0. The summed E-state index contributed by atoms with van der Waals surface area (Å²) in [6.45, 7) is 3.78. The fourth-order valence-electron chi connectivity index (χ4n) is 2.33. The number of hydrogen-bond acceptors (Lipinski definition) is 3. The Bertz CT molecular complexity index is 730. The Morgan fingerprint density at radius 3 is 2.48 bits per heavy atom. The fourth-order valence-corrected chi connectivity index (χ4v) is 2.53. The summed E-state index contributed by atoms with van der Waals surface area (Å²) in [5.74, 6) is -0.431. The Balaban J connectivity index is 2.17. The number of nitro groups is 1. The highest BCUT2D eigenvalue weighted by molar-refractivity contribution is 6.34. The molecule has 0 unspecified atom stereocenters. The number of nitrogens with one attached hydrogen (secondary N) is 1. The number of halogens is 1. The number of benzene rings is 2. The molecule has 0 fully saturated rings. The minimum absolute atomic E-state index is 0.0991. The van der Waals surface area contributed by atoms with Gasteiger partial charge in [-0.25, -0.2) is 0 Å². The van der Waals surface area contributed by atoms with Crippen molar-refractivity contribution < 1.29 is 9.72 Å². The zero-order valence-corrected chi connectivity index (χ0v) is 13.6. The molecule has 0 heterocycles. The van der Waals surface area contributed by atoms with E-state index in [1.807, 2.05) is 44.2 Å². The predicted molar refractivity (Wildman–Crippen MR) is 89.8 cm³/mol. The van der Waals surface area contributed by atoms with Crippen LogP contribution in [-0.4, -0.2) is 16.4 Å². The summed E-state index contributed by atoms with van der Waals surface area (Å²) < 4.78 is 0. The smallest absolute Gasteiger partial charge is 0.270 e. The molecule has 0 spiro atoms. The summed E-state index contributed by atoms with van der Waals surface area (Å²) in [7, 11) is 0. The first-order valence-corrected chi connectivity index (χ1v) is 7.47. The molecule has 120 valence electrons. The monoisotopic (exact) mass is 332 g/mol. The summed E-state index contributed by atoms with van der Waals surface area (Å²) in [4.78, 5) is 22.7. The zero-order valence-electron chi connectivity index (χ0n) is 12.9. The zero-order chi connectivity index (χ0) is 17.0. The number of hydrogen-bond donors (Lipinski definition) is 1. The Kier molecular flexibility index (Phi) is 5.01. The number of amides is 1. The van der Waals surface area contributed by atoms with Crippen LogP contribution in [0.2, 0.25) is 5.02 Å². The van der Waals surface area contributed by atoms with Crippen molar-refractivity contribution in [1.29, 1.82) is 0 Å². The van der Waals surface area contributed by atoms with Gasteiger partial charge in [-0.15, -0.1) is 0 Å². The SMILES string of the molecule is CC(C)(Cc1ccccc1)NC(=O)c1cc([N+](=O)[O-])ccc1Cl. The van der Waals surface area contributed by atoms with Gasteiger partial charge in [0.2, 0.25) is 0 Å². The van der Waals surface area contributed by atoms with Gasteiger partial charge in [-0.1, -0.05) is 41.9 Å². The fraction of sp³-hybridized carbons (Fsp3) is 0.235. The van der Waals surface area contributed by atoms with E-state index in [1.165, 1.54) is 18.2 Å². The van der Waals surface area contributed by atoms with E-state index in [0.29, 0.717) is 6.42 Å². The molecule has 2 rings (SSSR count).